The second kappa shape index (κ2) is 6.38. The molecule has 100 valence electrons. The fourth-order valence-electron chi connectivity index (χ4n) is 1.93. The quantitative estimate of drug-likeness (QED) is 0.872. The Balaban J connectivity index is 3.08. The lowest BCUT2D eigenvalue weighted by atomic mass is 10.1. The molecule has 0 saturated heterocycles. The van der Waals surface area contributed by atoms with Gasteiger partial charge in [0, 0.05) is 31.5 Å². The van der Waals surface area contributed by atoms with Crippen molar-refractivity contribution in [2.24, 2.45) is 0 Å². The van der Waals surface area contributed by atoms with Crippen molar-refractivity contribution < 1.29 is 4.79 Å². The fraction of sp³-hybridized carbons (Fsp3) is 0.571. The van der Waals surface area contributed by atoms with E-state index < -0.39 is 0 Å². The Hall–Kier alpha value is -1.58. The number of carbonyl (C=O) groups is 1. The summed E-state index contributed by atoms with van der Waals surface area (Å²) < 4.78 is 0. The highest BCUT2D eigenvalue weighted by atomic mass is 16.2. The third kappa shape index (κ3) is 3.22. The maximum absolute atomic E-state index is 12.5. The predicted molar refractivity (Wildman–Crippen MR) is 75.0 cm³/mol. The van der Waals surface area contributed by atoms with Crippen LogP contribution in [0.5, 0.6) is 0 Å². The number of aromatic nitrogens is 1. The van der Waals surface area contributed by atoms with Crippen LogP contribution in [-0.4, -0.2) is 35.4 Å². The molecule has 0 unspecified atom stereocenters. The highest BCUT2D eigenvalue weighted by molar-refractivity contribution is 5.99. The molecule has 1 rings (SSSR count). The van der Waals surface area contributed by atoms with E-state index in [2.05, 4.69) is 17.2 Å². The van der Waals surface area contributed by atoms with E-state index in [1.807, 2.05) is 38.8 Å². The second-order valence-corrected chi connectivity index (χ2v) is 4.71. The zero-order chi connectivity index (χ0) is 13.7. The van der Waals surface area contributed by atoms with Crippen molar-refractivity contribution in [3.8, 4) is 0 Å². The van der Waals surface area contributed by atoms with Crippen molar-refractivity contribution in [2.45, 2.75) is 40.2 Å². The topological polar surface area (TPSA) is 45.2 Å². The van der Waals surface area contributed by atoms with Gasteiger partial charge in [0.2, 0.25) is 0 Å². The summed E-state index contributed by atoms with van der Waals surface area (Å²) in [6, 6.07) is 2.10. The molecule has 0 saturated carbocycles. The highest BCUT2D eigenvalue weighted by Crippen LogP contribution is 2.18. The number of carbonyl (C=O) groups excluding carboxylic acids is 1. The Bertz CT molecular complexity index is 416. The molecule has 0 radical (unpaired) electrons. The van der Waals surface area contributed by atoms with E-state index in [4.69, 9.17) is 0 Å². The number of nitrogens with zero attached hydrogens (tertiary/aromatic N) is 2. The van der Waals surface area contributed by atoms with Gasteiger partial charge in [-0.15, -0.1) is 0 Å². The number of hydrogen-bond acceptors (Lipinski definition) is 3. The van der Waals surface area contributed by atoms with E-state index in [1.165, 1.54) is 0 Å². The number of pyridine rings is 1. The number of anilines is 1. The summed E-state index contributed by atoms with van der Waals surface area (Å²) >= 11 is 0. The first-order chi connectivity index (χ1) is 8.51. The van der Waals surface area contributed by atoms with Gasteiger partial charge in [-0.2, -0.15) is 0 Å². The third-order valence-corrected chi connectivity index (χ3v) is 2.89. The zero-order valence-electron chi connectivity index (χ0n) is 11.9. The summed E-state index contributed by atoms with van der Waals surface area (Å²) in [5.74, 6) is 0.0451. The molecule has 0 aliphatic rings. The molecule has 4 nitrogen and oxygen atoms in total. The molecule has 0 aromatic carbocycles. The van der Waals surface area contributed by atoms with Crippen LogP contribution in [0.25, 0.3) is 0 Å². The van der Waals surface area contributed by atoms with Gasteiger partial charge < -0.3 is 10.2 Å². The second-order valence-electron chi connectivity index (χ2n) is 4.71. The molecular weight excluding hydrogens is 226 g/mol. The van der Waals surface area contributed by atoms with Gasteiger partial charge in [0.15, 0.2) is 0 Å². The molecule has 1 aromatic heterocycles. The van der Waals surface area contributed by atoms with Gasteiger partial charge in [0.25, 0.3) is 5.91 Å². The minimum Gasteiger partial charge on any atom is -0.387 e. The normalized spacial score (nSPS) is 10.6. The lowest BCUT2D eigenvalue weighted by Crippen LogP contribution is -2.37. The molecule has 1 heterocycles. The Morgan fingerprint density at radius 2 is 2.17 bits per heavy atom. The summed E-state index contributed by atoms with van der Waals surface area (Å²) in [7, 11) is 1.82. The summed E-state index contributed by atoms with van der Waals surface area (Å²) in [6.45, 7) is 8.84. The Kier molecular flexibility index (Phi) is 5.13. The first kappa shape index (κ1) is 14.5. The van der Waals surface area contributed by atoms with Crippen molar-refractivity contribution in [1.82, 2.24) is 9.88 Å². The lowest BCUT2D eigenvalue weighted by molar-refractivity contribution is 0.0706. The first-order valence-corrected chi connectivity index (χ1v) is 6.46. The van der Waals surface area contributed by atoms with Crippen molar-refractivity contribution in [3.63, 3.8) is 0 Å². The molecule has 1 aromatic rings. The smallest absolute Gasteiger partial charge is 0.257 e. The van der Waals surface area contributed by atoms with E-state index in [0.29, 0.717) is 5.56 Å². The van der Waals surface area contributed by atoms with Crippen LogP contribution in [0.3, 0.4) is 0 Å². The predicted octanol–water partition coefficient (Wildman–Crippen LogP) is 2.69. The minimum absolute atomic E-state index is 0.0451. The van der Waals surface area contributed by atoms with E-state index in [0.717, 1.165) is 24.3 Å². The molecule has 0 aliphatic carbocycles. The average molecular weight is 249 g/mol. The first-order valence-electron chi connectivity index (χ1n) is 6.46. The largest absolute Gasteiger partial charge is 0.387 e. The molecule has 1 amide bonds. The monoisotopic (exact) mass is 249 g/mol. The van der Waals surface area contributed by atoms with Crippen LogP contribution in [0.1, 0.15) is 43.2 Å². The summed E-state index contributed by atoms with van der Waals surface area (Å²) in [5, 5.41) is 3.07. The van der Waals surface area contributed by atoms with Crippen LogP contribution < -0.4 is 5.32 Å². The molecule has 0 bridgehead atoms. The molecule has 0 spiro atoms. The van der Waals surface area contributed by atoms with Gasteiger partial charge in [-0.05, 0) is 33.3 Å². The third-order valence-electron chi connectivity index (χ3n) is 2.89. The lowest BCUT2D eigenvalue weighted by Gasteiger charge is -2.27. The van der Waals surface area contributed by atoms with E-state index in [9.17, 15) is 4.79 Å². The van der Waals surface area contributed by atoms with Gasteiger partial charge in [0.1, 0.15) is 0 Å². The van der Waals surface area contributed by atoms with Gasteiger partial charge in [-0.1, -0.05) is 6.92 Å². The van der Waals surface area contributed by atoms with Crippen LogP contribution in [0.15, 0.2) is 12.3 Å². The molecule has 4 heteroatoms. The van der Waals surface area contributed by atoms with E-state index in [-0.39, 0.29) is 11.9 Å². The molecule has 0 fully saturated rings. The molecule has 0 atom stereocenters. The maximum Gasteiger partial charge on any atom is 0.257 e. The molecular formula is C14H23N3O. The van der Waals surface area contributed by atoms with Gasteiger partial charge >= 0.3 is 0 Å². The number of aryl methyl sites for hydroxylation is 1. The van der Waals surface area contributed by atoms with E-state index >= 15 is 0 Å². The Morgan fingerprint density at radius 1 is 1.50 bits per heavy atom. The fourth-order valence-corrected chi connectivity index (χ4v) is 1.93. The van der Waals surface area contributed by atoms with Crippen LogP contribution in [0.2, 0.25) is 0 Å². The van der Waals surface area contributed by atoms with Crippen molar-refractivity contribution in [2.75, 3.05) is 18.9 Å². The minimum atomic E-state index is 0.0451. The standard InChI is InChI=1S/C14H23N3O/c1-6-7-17(10(2)3)14(18)12-9-16-11(4)8-13(12)15-5/h8-10H,6-7H2,1-5H3,(H,15,16). The summed E-state index contributed by atoms with van der Waals surface area (Å²) in [5.41, 5.74) is 2.39. The SMILES string of the molecule is CCCN(C(=O)c1cnc(C)cc1NC)C(C)C. The van der Waals surface area contributed by atoms with Crippen molar-refractivity contribution in [1.29, 1.82) is 0 Å². The van der Waals surface area contributed by atoms with Crippen LogP contribution in [-0.2, 0) is 0 Å². The van der Waals surface area contributed by atoms with Gasteiger partial charge in [-0.3, -0.25) is 9.78 Å². The average Bonchev–Trinajstić information content (AvgIpc) is 2.34. The Labute approximate surface area is 109 Å². The summed E-state index contributed by atoms with van der Waals surface area (Å²) in [4.78, 5) is 18.6. The van der Waals surface area contributed by atoms with Crippen LogP contribution in [0.4, 0.5) is 5.69 Å². The number of amides is 1. The molecule has 18 heavy (non-hydrogen) atoms. The zero-order valence-corrected chi connectivity index (χ0v) is 11.9. The highest BCUT2D eigenvalue weighted by Gasteiger charge is 2.20. The number of nitrogens with one attached hydrogen (secondary N) is 1. The summed E-state index contributed by atoms with van der Waals surface area (Å²) in [6.07, 6.45) is 2.62. The van der Waals surface area contributed by atoms with E-state index in [1.54, 1.807) is 6.20 Å². The van der Waals surface area contributed by atoms with Crippen molar-refractivity contribution in [3.05, 3.63) is 23.5 Å². The Morgan fingerprint density at radius 3 is 2.67 bits per heavy atom. The number of rotatable bonds is 5. The van der Waals surface area contributed by atoms with Gasteiger partial charge in [0.05, 0.1) is 11.3 Å². The van der Waals surface area contributed by atoms with Crippen molar-refractivity contribution >= 4 is 11.6 Å². The van der Waals surface area contributed by atoms with Crippen LogP contribution >= 0.6 is 0 Å². The molecule has 1 N–H and O–H groups in total. The van der Waals surface area contributed by atoms with Crippen LogP contribution in [0, 0.1) is 6.92 Å². The van der Waals surface area contributed by atoms with Gasteiger partial charge in [-0.25, -0.2) is 0 Å². The molecule has 0 aliphatic heterocycles. The number of hydrogen-bond donors (Lipinski definition) is 1. The maximum atomic E-state index is 12.5.